The van der Waals surface area contributed by atoms with Crippen molar-refractivity contribution in [3.63, 3.8) is 0 Å². The van der Waals surface area contributed by atoms with Crippen LogP contribution in [0.3, 0.4) is 0 Å². The van der Waals surface area contributed by atoms with Gasteiger partial charge in [0.15, 0.2) is 0 Å². The molecule has 0 amide bonds. The average molecular weight is 281 g/mol. The van der Waals surface area contributed by atoms with Gasteiger partial charge in [-0.1, -0.05) is 11.6 Å². The molecule has 1 saturated heterocycles. The lowest BCUT2D eigenvalue weighted by atomic mass is 10.0. The Bertz CT molecular complexity index is 448. The van der Waals surface area contributed by atoms with Crippen molar-refractivity contribution in [3.05, 3.63) is 23.2 Å². The van der Waals surface area contributed by atoms with Crippen LogP contribution in [0.25, 0.3) is 0 Å². The van der Waals surface area contributed by atoms with Crippen molar-refractivity contribution in [3.8, 4) is 5.75 Å². The number of benzene rings is 1. The third-order valence-electron chi connectivity index (χ3n) is 3.95. The Balaban J connectivity index is 1.74. The van der Waals surface area contributed by atoms with Crippen LogP contribution in [0.5, 0.6) is 5.75 Å². The number of methoxy groups -OCH3 is 1. The second-order valence-electron chi connectivity index (χ2n) is 5.54. The highest BCUT2D eigenvalue weighted by molar-refractivity contribution is 6.30. The third kappa shape index (κ3) is 3.15. The zero-order valence-electron chi connectivity index (χ0n) is 11.4. The summed E-state index contributed by atoms with van der Waals surface area (Å²) in [5, 5.41) is 4.50. The highest BCUT2D eigenvalue weighted by atomic mass is 35.5. The summed E-state index contributed by atoms with van der Waals surface area (Å²) in [5.41, 5.74) is 1.12. The molecule has 1 N–H and O–H groups in total. The number of ether oxygens (including phenoxy) is 1. The zero-order chi connectivity index (χ0) is 13.2. The fourth-order valence-corrected chi connectivity index (χ4v) is 2.99. The van der Waals surface area contributed by atoms with E-state index in [4.69, 9.17) is 16.3 Å². The number of hydrogen-bond donors (Lipinski definition) is 1. The second kappa shape index (κ2) is 5.59. The van der Waals surface area contributed by atoms with Crippen LogP contribution in [0.1, 0.15) is 25.7 Å². The summed E-state index contributed by atoms with van der Waals surface area (Å²) >= 11 is 6.13. The molecule has 104 valence electrons. The van der Waals surface area contributed by atoms with Crippen LogP contribution in [0, 0.1) is 0 Å². The molecule has 1 saturated carbocycles. The maximum absolute atomic E-state index is 6.13. The van der Waals surface area contributed by atoms with Crippen LogP contribution in [-0.4, -0.2) is 32.3 Å². The Hall–Kier alpha value is -0.930. The van der Waals surface area contributed by atoms with Crippen molar-refractivity contribution in [1.29, 1.82) is 0 Å². The van der Waals surface area contributed by atoms with Gasteiger partial charge in [-0.15, -0.1) is 0 Å². The molecule has 2 aliphatic rings. The van der Waals surface area contributed by atoms with Crippen molar-refractivity contribution >= 4 is 17.3 Å². The predicted molar refractivity (Wildman–Crippen MR) is 79.4 cm³/mol. The number of anilines is 1. The summed E-state index contributed by atoms with van der Waals surface area (Å²) in [4.78, 5) is 2.40. The van der Waals surface area contributed by atoms with E-state index in [9.17, 15) is 0 Å². The number of hydrogen-bond acceptors (Lipinski definition) is 3. The van der Waals surface area contributed by atoms with E-state index in [1.807, 2.05) is 18.2 Å². The lowest BCUT2D eigenvalue weighted by molar-refractivity contribution is 0.399. The van der Waals surface area contributed by atoms with Gasteiger partial charge < -0.3 is 15.0 Å². The third-order valence-corrected chi connectivity index (χ3v) is 4.19. The highest BCUT2D eigenvalue weighted by Crippen LogP contribution is 2.33. The number of nitrogens with one attached hydrogen (secondary N) is 1. The van der Waals surface area contributed by atoms with Crippen molar-refractivity contribution in [2.75, 3.05) is 25.1 Å². The summed E-state index contributed by atoms with van der Waals surface area (Å²) in [6.07, 6.45) is 5.18. The minimum atomic E-state index is 0.602. The van der Waals surface area contributed by atoms with E-state index in [0.717, 1.165) is 35.6 Å². The highest BCUT2D eigenvalue weighted by Gasteiger charge is 2.28. The van der Waals surface area contributed by atoms with E-state index in [2.05, 4.69) is 10.2 Å². The fraction of sp³-hybridized carbons (Fsp3) is 0.600. The first-order chi connectivity index (χ1) is 9.26. The maximum Gasteiger partial charge on any atom is 0.142 e. The molecule has 1 aliphatic carbocycles. The lowest BCUT2D eigenvalue weighted by Gasteiger charge is -2.35. The molecule has 1 atom stereocenters. The van der Waals surface area contributed by atoms with Gasteiger partial charge in [0.1, 0.15) is 5.75 Å². The molecule has 1 heterocycles. The van der Waals surface area contributed by atoms with E-state index < -0.39 is 0 Å². The minimum absolute atomic E-state index is 0.602. The molecule has 3 rings (SSSR count). The van der Waals surface area contributed by atoms with Gasteiger partial charge in [-0.05, 0) is 43.9 Å². The molecule has 2 fully saturated rings. The molecule has 4 heteroatoms. The monoisotopic (exact) mass is 280 g/mol. The second-order valence-corrected chi connectivity index (χ2v) is 5.98. The van der Waals surface area contributed by atoms with E-state index in [1.54, 1.807) is 7.11 Å². The number of piperidine rings is 1. The summed E-state index contributed by atoms with van der Waals surface area (Å²) < 4.78 is 5.46. The van der Waals surface area contributed by atoms with Gasteiger partial charge in [-0.3, -0.25) is 0 Å². The van der Waals surface area contributed by atoms with E-state index in [-0.39, 0.29) is 0 Å². The van der Waals surface area contributed by atoms with Crippen LogP contribution >= 0.6 is 11.6 Å². The van der Waals surface area contributed by atoms with Crippen molar-refractivity contribution in [2.24, 2.45) is 0 Å². The van der Waals surface area contributed by atoms with Gasteiger partial charge in [0, 0.05) is 30.2 Å². The van der Waals surface area contributed by atoms with Crippen molar-refractivity contribution in [1.82, 2.24) is 5.32 Å². The van der Waals surface area contributed by atoms with Crippen molar-refractivity contribution < 1.29 is 4.74 Å². The molecule has 1 aromatic rings. The average Bonchev–Trinajstić information content (AvgIpc) is 3.23. The summed E-state index contributed by atoms with van der Waals surface area (Å²) in [7, 11) is 1.72. The Morgan fingerprint density at radius 3 is 2.84 bits per heavy atom. The van der Waals surface area contributed by atoms with Gasteiger partial charge in [0.25, 0.3) is 0 Å². The first kappa shape index (κ1) is 13.1. The lowest BCUT2D eigenvalue weighted by Crippen LogP contribution is -2.46. The van der Waals surface area contributed by atoms with Gasteiger partial charge >= 0.3 is 0 Å². The van der Waals surface area contributed by atoms with Gasteiger partial charge in [-0.2, -0.15) is 0 Å². The Labute approximate surface area is 119 Å². The van der Waals surface area contributed by atoms with Crippen molar-refractivity contribution in [2.45, 2.75) is 37.8 Å². The molecule has 3 nitrogen and oxygen atoms in total. The molecule has 1 aliphatic heterocycles. The summed E-state index contributed by atoms with van der Waals surface area (Å²) in [6.45, 7) is 2.13. The first-order valence-electron chi connectivity index (χ1n) is 7.11. The molecule has 0 radical (unpaired) electrons. The first-order valence-corrected chi connectivity index (χ1v) is 7.48. The quantitative estimate of drug-likeness (QED) is 0.917. The number of nitrogens with zero attached hydrogens (tertiary/aromatic N) is 1. The summed E-state index contributed by atoms with van der Waals surface area (Å²) in [6, 6.07) is 7.22. The summed E-state index contributed by atoms with van der Waals surface area (Å²) in [5.74, 6) is 0.913. The zero-order valence-corrected chi connectivity index (χ0v) is 12.1. The van der Waals surface area contributed by atoms with Crippen LogP contribution in [0.4, 0.5) is 5.69 Å². The van der Waals surface area contributed by atoms with E-state index in [1.165, 1.54) is 25.7 Å². The molecule has 0 bridgehead atoms. The normalized spacial score (nSPS) is 23.5. The van der Waals surface area contributed by atoms with E-state index in [0.29, 0.717) is 6.04 Å². The van der Waals surface area contributed by atoms with Crippen LogP contribution in [-0.2, 0) is 0 Å². The molecule has 19 heavy (non-hydrogen) atoms. The fourth-order valence-electron chi connectivity index (χ4n) is 2.83. The smallest absolute Gasteiger partial charge is 0.142 e. The molecule has 1 aromatic carbocycles. The van der Waals surface area contributed by atoms with Crippen LogP contribution in [0.2, 0.25) is 5.02 Å². The number of halogens is 1. The molecular weight excluding hydrogens is 260 g/mol. The van der Waals surface area contributed by atoms with Crippen LogP contribution < -0.4 is 15.0 Å². The predicted octanol–water partition coefficient (Wildman–Crippen LogP) is 3.07. The van der Waals surface area contributed by atoms with E-state index >= 15 is 0 Å². The molecule has 1 unspecified atom stereocenters. The Kier molecular flexibility index (Phi) is 3.85. The molecular formula is C15H21ClN2O. The molecule has 0 aromatic heterocycles. The SMILES string of the molecule is COc1ccc(Cl)cc1N1CCCC(NC2CC2)C1. The molecule has 0 spiro atoms. The van der Waals surface area contributed by atoms with Gasteiger partial charge in [-0.25, -0.2) is 0 Å². The largest absolute Gasteiger partial charge is 0.495 e. The van der Waals surface area contributed by atoms with Crippen LogP contribution in [0.15, 0.2) is 18.2 Å². The topological polar surface area (TPSA) is 24.5 Å². The maximum atomic E-state index is 6.13. The Morgan fingerprint density at radius 1 is 1.26 bits per heavy atom. The number of rotatable bonds is 4. The Morgan fingerprint density at radius 2 is 2.11 bits per heavy atom. The minimum Gasteiger partial charge on any atom is -0.495 e. The van der Waals surface area contributed by atoms with Gasteiger partial charge in [0.2, 0.25) is 0 Å². The van der Waals surface area contributed by atoms with Gasteiger partial charge in [0.05, 0.1) is 12.8 Å². The standard InChI is InChI=1S/C15H21ClN2O/c1-19-15-7-4-11(16)9-14(15)18-8-2-3-13(10-18)17-12-5-6-12/h4,7,9,12-13,17H,2-3,5-6,8,10H2,1H3.